The quantitative estimate of drug-likeness (QED) is 0.505. The first-order valence-electron chi connectivity index (χ1n) is 11.0. The van der Waals surface area contributed by atoms with E-state index in [1.165, 1.54) is 16.8 Å². The summed E-state index contributed by atoms with van der Waals surface area (Å²) in [6, 6.07) is 12.5. The maximum absolute atomic E-state index is 12.0. The Hall–Kier alpha value is -2.49. The van der Waals surface area contributed by atoms with E-state index in [0.717, 1.165) is 24.5 Å². The van der Waals surface area contributed by atoms with Crippen molar-refractivity contribution in [3.05, 3.63) is 53.1 Å². The molecule has 0 aliphatic carbocycles. The molecular formula is C26H35NO3. The Morgan fingerprint density at radius 2 is 1.77 bits per heavy atom. The number of carbonyl (C=O) groups excluding carboxylic acids is 1. The molecule has 0 saturated heterocycles. The summed E-state index contributed by atoms with van der Waals surface area (Å²) in [6.45, 7) is 16.5. The van der Waals surface area contributed by atoms with Crippen molar-refractivity contribution in [1.82, 2.24) is 0 Å². The first kappa shape index (κ1) is 22.2. The van der Waals surface area contributed by atoms with E-state index in [-0.39, 0.29) is 17.4 Å². The average Bonchev–Trinajstić information content (AvgIpc) is 3.16. The summed E-state index contributed by atoms with van der Waals surface area (Å²) < 4.78 is 11.2. The lowest BCUT2D eigenvalue weighted by Gasteiger charge is -2.35. The van der Waals surface area contributed by atoms with Gasteiger partial charge in [-0.2, -0.15) is 0 Å². The van der Waals surface area contributed by atoms with Crippen LogP contribution >= 0.6 is 0 Å². The van der Waals surface area contributed by atoms with Gasteiger partial charge in [-0.25, -0.2) is 4.79 Å². The number of ether oxygens (including phenoxy) is 2. The summed E-state index contributed by atoms with van der Waals surface area (Å²) in [4.78, 5) is 14.4. The molecule has 0 spiro atoms. The predicted octanol–water partition coefficient (Wildman–Crippen LogP) is 6.28. The van der Waals surface area contributed by atoms with Crippen LogP contribution in [0.4, 0.5) is 11.4 Å². The number of nitrogens with zero attached hydrogens (tertiary/aromatic N) is 1. The van der Waals surface area contributed by atoms with Gasteiger partial charge in [-0.1, -0.05) is 27.7 Å². The van der Waals surface area contributed by atoms with Crippen LogP contribution in [-0.4, -0.2) is 25.2 Å². The van der Waals surface area contributed by atoms with Crippen LogP contribution < -0.4 is 9.64 Å². The Labute approximate surface area is 181 Å². The van der Waals surface area contributed by atoms with Crippen molar-refractivity contribution < 1.29 is 14.3 Å². The van der Waals surface area contributed by atoms with Gasteiger partial charge in [-0.05, 0) is 74.1 Å². The van der Waals surface area contributed by atoms with Crippen LogP contribution in [0.25, 0.3) is 0 Å². The van der Waals surface area contributed by atoms with Crippen LogP contribution in [-0.2, 0) is 16.6 Å². The van der Waals surface area contributed by atoms with Gasteiger partial charge < -0.3 is 14.4 Å². The highest BCUT2D eigenvalue weighted by atomic mass is 16.5. The minimum atomic E-state index is -0.282. The van der Waals surface area contributed by atoms with E-state index in [1.54, 1.807) is 0 Å². The van der Waals surface area contributed by atoms with Gasteiger partial charge in [-0.15, -0.1) is 0 Å². The Morgan fingerprint density at radius 1 is 1.10 bits per heavy atom. The third-order valence-corrected chi connectivity index (χ3v) is 6.36. The monoisotopic (exact) mass is 409 g/mol. The topological polar surface area (TPSA) is 38.8 Å². The van der Waals surface area contributed by atoms with Gasteiger partial charge in [0.05, 0.1) is 18.8 Å². The van der Waals surface area contributed by atoms with E-state index in [9.17, 15) is 4.79 Å². The van der Waals surface area contributed by atoms with Crippen LogP contribution in [0.5, 0.6) is 5.75 Å². The number of anilines is 2. The molecule has 0 saturated carbocycles. The first-order chi connectivity index (χ1) is 14.2. The first-order valence-corrected chi connectivity index (χ1v) is 11.0. The summed E-state index contributed by atoms with van der Waals surface area (Å²) in [5.74, 6) is 1.27. The second kappa shape index (κ2) is 8.71. The second-order valence-electron chi connectivity index (χ2n) is 9.19. The lowest BCUT2D eigenvalue weighted by atomic mass is 9.74. The lowest BCUT2D eigenvalue weighted by Crippen LogP contribution is -2.28. The van der Waals surface area contributed by atoms with Crippen molar-refractivity contribution in [2.45, 2.75) is 66.3 Å². The molecule has 1 aliphatic rings. The fourth-order valence-corrected chi connectivity index (χ4v) is 3.94. The molecule has 2 aromatic carbocycles. The Balaban J connectivity index is 2.06. The molecule has 4 heteroatoms. The maximum atomic E-state index is 12.0. The zero-order chi connectivity index (χ0) is 22.1. The molecule has 0 bridgehead atoms. The number of hydrogen-bond donors (Lipinski definition) is 0. The van der Waals surface area contributed by atoms with Crippen molar-refractivity contribution in [1.29, 1.82) is 0 Å². The molecule has 0 aromatic heterocycles. The number of benzene rings is 2. The van der Waals surface area contributed by atoms with Crippen LogP contribution in [0.1, 0.15) is 70.0 Å². The molecule has 1 aliphatic heterocycles. The fourth-order valence-electron chi connectivity index (χ4n) is 3.94. The second-order valence-corrected chi connectivity index (χ2v) is 9.19. The van der Waals surface area contributed by atoms with Crippen LogP contribution in [0.2, 0.25) is 0 Å². The average molecular weight is 410 g/mol. The number of rotatable bonds is 7. The molecular weight excluding hydrogens is 374 g/mol. The van der Waals surface area contributed by atoms with Crippen LogP contribution in [0.3, 0.4) is 0 Å². The molecule has 3 rings (SSSR count). The molecule has 2 aromatic rings. The number of hydrogen-bond acceptors (Lipinski definition) is 4. The minimum absolute atomic E-state index is 0.000844. The zero-order valence-corrected chi connectivity index (χ0v) is 19.4. The third kappa shape index (κ3) is 4.19. The normalized spacial score (nSPS) is 13.4. The highest BCUT2D eigenvalue weighted by molar-refractivity contribution is 5.90. The van der Waals surface area contributed by atoms with Gasteiger partial charge in [0.2, 0.25) is 0 Å². The lowest BCUT2D eigenvalue weighted by molar-refractivity contribution is 0.0526. The molecule has 0 fully saturated rings. The molecule has 0 unspecified atom stereocenters. The van der Waals surface area contributed by atoms with Crippen molar-refractivity contribution in [2.24, 2.45) is 5.92 Å². The van der Waals surface area contributed by atoms with E-state index in [4.69, 9.17) is 9.47 Å². The van der Waals surface area contributed by atoms with Gasteiger partial charge >= 0.3 is 5.97 Å². The molecule has 1 heterocycles. The van der Waals surface area contributed by atoms with E-state index >= 15 is 0 Å². The number of fused-ring (bicyclic) bond motifs is 1. The summed E-state index contributed by atoms with van der Waals surface area (Å²) in [6.07, 6.45) is 0.943. The Kier molecular flexibility index (Phi) is 6.44. The minimum Gasteiger partial charge on any atom is -0.493 e. The number of carbonyl (C=O) groups is 1. The highest BCUT2D eigenvalue weighted by Crippen LogP contribution is 2.45. The molecule has 4 nitrogen and oxygen atoms in total. The van der Waals surface area contributed by atoms with Gasteiger partial charge in [-0.3, -0.25) is 0 Å². The standard InChI is InChI=1S/C26H35NO3/c1-8-29-25(28)19-9-11-21(12-10-19)27(18(4)5)22-15-20-13-14-30-24(20)23(16-22)26(6,7)17(2)3/h9-12,15-18H,8,13-14H2,1-7H3. The predicted molar refractivity (Wildman–Crippen MR) is 123 cm³/mol. The summed E-state index contributed by atoms with van der Waals surface area (Å²) in [5.41, 5.74) is 5.36. The van der Waals surface area contributed by atoms with E-state index in [1.807, 2.05) is 31.2 Å². The van der Waals surface area contributed by atoms with Crippen molar-refractivity contribution >= 4 is 17.3 Å². The van der Waals surface area contributed by atoms with E-state index in [0.29, 0.717) is 18.1 Å². The van der Waals surface area contributed by atoms with Crippen LogP contribution in [0.15, 0.2) is 36.4 Å². The van der Waals surface area contributed by atoms with E-state index < -0.39 is 0 Å². The molecule has 162 valence electrons. The zero-order valence-electron chi connectivity index (χ0n) is 19.4. The fraction of sp³-hybridized carbons (Fsp3) is 0.500. The Bertz CT molecular complexity index is 897. The van der Waals surface area contributed by atoms with Crippen LogP contribution in [0, 0.1) is 5.92 Å². The largest absolute Gasteiger partial charge is 0.493 e. The molecule has 30 heavy (non-hydrogen) atoms. The highest BCUT2D eigenvalue weighted by Gasteiger charge is 2.32. The third-order valence-electron chi connectivity index (χ3n) is 6.36. The van der Waals surface area contributed by atoms with Crippen molar-refractivity contribution in [2.75, 3.05) is 18.1 Å². The van der Waals surface area contributed by atoms with Gasteiger partial charge in [0.15, 0.2) is 0 Å². The Morgan fingerprint density at radius 3 is 2.33 bits per heavy atom. The molecule has 0 amide bonds. The molecule has 0 N–H and O–H groups in total. The van der Waals surface area contributed by atoms with E-state index in [2.05, 4.69) is 58.6 Å². The smallest absolute Gasteiger partial charge is 0.338 e. The summed E-state index contributed by atoms with van der Waals surface area (Å²) >= 11 is 0. The summed E-state index contributed by atoms with van der Waals surface area (Å²) in [7, 11) is 0. The van der Waals surface area contributed by atoms with Gasteiger partial charge in [0.25, 0.3) is 0 Å². The molecule has 0 radical (unpaired) electrons. The van der Waals surface area contributed by atoms with Crippen molar-refractivity contribution in [3.63, 3.8) is 0 Å². The maximum Gasteiger partial charge on any atom is 0.338 e. The van der Waals surface area contributed by atoms with Gasteiger partial charge in [0, 0.05) is 29.4 Å². The van der Waals surface area contributed by atoms with Gasteiger partial charge in [0.1, 0.15) is 5.75 Å². The SMILES string of the molecule is CCOC(=O)c1ccc(N(c2cc3c(c(C(C)(C)C(C)C)c2)OCC3)C(C)C)cc1. The summed E-state index contributed by atoms with van der Waals surface area (Å²) in [5, 5.41) is 0. The number of esters is 1. The molecule has 0 atom stereocenters. The van der Waals surface area contributed by atoms with Crippen molar-refractivity contribution in [3.8, 4) is 5.75 Å².